The number of carbonyl (C=O) groups is 2. The maximum atomic E-state index is 13.0. The first-order valence-corrected chi connectivity index (χ1v) is 7.36. The van der Waals surface area contributed by atoms with Crippen molar-refractivity contribution in [3.05, 3.63) is 59.9 Å². The Balaban J connectivity index is 1.91. The third-order valence-corrected chi connectivity index (χ3v) is 3.02. The number of amides is 2. The molecule has 2 amide bonds. The van der Waals surface area contributed by atoms with E-state index in [1.54, 1.807) is 5.32 Å². The highest BCUT2D eigenvalue weighted by Crippen LogP contribution is 2.15. The number of hydrogen-bond acceptors (Lipinski definition) is 3. The number of alkyl halides is 3. The molecule has 0 bridgehead atoms. The molecule has 0 unspecified atom stereocenters. The highest BCUT2D eigenvalue weighted by atomic mass is 19.4. The van der Waals surface area contributed by atoms with Crippen LogP contribution in [0, 0.1) is 5.82 Å². The zero-order valence-electron chi connectivity index (χ0n) is 13.3. The van der Waals surface area contributed by atoms with Gasteiger partial charge in [-0.3, -0.25) is 9.59 Å². The summed E-state index contributed by atoms with van der Waals surface area (Å²) in [5.41, 5.74) is 0.163. The second-order valence-corrected chi connectivity index (χ2v) is 5.17. The Morgan fingerprint density at radius 3 is 2.46 bits per heavy atom. The number of halogens is 4. The van der Waals surface area contributed by atoms with Crippen LogP contribution in [0.25, 0.3) is 0 Å². The van der Waals surface area contributed by atoms with E-state index >= 15 is 0 Å². The molecule has 0 aliphatic rings. The van der Waals surface area contributed by atoms with E-state index in [1.807, 2.05) is 0 Å². The van der Waals surface area contributed by atoms with Gasteiger partial charge < -0.3 is 15.4 Å². The molecule has 0 aromatic heterocycles. The maximum Gasteiger partial charge on any atom is 0.405 e. The molecule has 2 rings (SSSR count). The molecule has 9 heteroatoms. The van der Waals surface area contributed by atoms with E-state index in [1.165, 1.54) is 42.5 Å². The van der Waals surface area contributed by atoms with E-state index in [-0.39, 0.29) is 17.0 Å². The summed E-state index contributed by atoms with van der Waals surface area (Å²) in [6, 6.07) is 10.6. The van der Waals surface area contributed by atoms with Gasteiger partial charge in [-0.25, -0.2) is 4.39 Å². The molecule has 2 N–H and O–H groups in total. The fourth-order valence-electron chi connectivity index (χ4n) is 1.92. The number of rotatable bonds is 6. The van der Waals surface area contributed by atoms with Crippen molar-refractivity contribution in [2.45, 2.75) is 6.18 Å². The van der Waals surface area contributed by atoms with Crippen LogP contribution in [0.1, 0.15) is 10.4 Å². The van der Waals surface area contributed by atoms with Crippen molar-refractivity contribution in [3.63, 3.8) is 0 Å². The average Bonchev–Trinajstić information content (AvgIpc) is 2.57. The third-order valence-electron chi connectivity index (χ3n) is 3.02. The number of nitrogens with one attached hydrogen (secondary N) is 2. The van der Waals surface area contributed by atoms with Gasteiger partial charge in [0.25, 0.3) is 11.8 Å². The number of ether oxygens (including phenoxy) is 1. The lowest BCUT2D eigenvalue weighted by Gasteiger charge is -2.10. The van der Waals surface area contributed by atoms with E-state index in [4.69, 9.17) is 4.74 Å². The van der Waals surface area contributed by atoms with Gasteiger partial charge in [-0.05, 0) is 30.3 Å². The lowest BCUT2D eigenvalue weighted by atomic mass is 10.2. The summed E-state index contributed by atoms with van der Waals surface area (Å²) >= 11 is 0. The van der Waals surface area contributed by atoms with E-state index in [9.17, 15) is 27.2 Å². The van der Waals surface area contributed by atoms with Crippen LogP contribution in [-0.2, 0) is 4.79 Å². The van der Waals surface area contributed by atoms with Crippen LogP contribution < -0.4 is 15.4 Å². The van der Waals surface area contributed by atoms with Gasteiger partial charge >= 0.3 is 6.18 Å². The molecule has 0 spiro atoms. The Labute approximate surface area is 146 Å². The van der Waals surface area contributed by atoms with Crippen LogP contribution in [0.2, 0.25) is 0 Å². The molecule has 0 aliphatic carbocycles. The largest absolute Gasteiger partial charge is 0.484 e. The molecule has 0 saturated carbocycles. The number of hydrogen-bond donors (Lipinski definition) is 2. The van der Waals surface area contributed by atoms with E-state index < -0.39 is 37.0 Å². The van der Waals surface area contributed by atoms with Gasteiger partial charge in [-0.15, -0.1) is 0 Å². The van der Waals surface area contributed by atoms with Crippen LogP contribution in [0.5, 0.6) is 5.75 Å². The van der Waals surface area contributed by atoms with Crippen molar-refractivity contribution in [1.29, 1.82) is 0 Å². The highest BCUT2D eigenvalue weighted by molar-refractivity contribution is 5.97. The summed E-state index contributed by atoms with van der Waals surface area (Å²) in [4.78, 5) is 23.5. The maximum absolute atomic E-state index is 13.0. The van der Waals surface area contributed by atoms with E-state index in [0.717, 1.165) is 6.07 Å². The van der Waals surface area contributed by atoms with Gasteiger partial charge in [0.1, 0.15) is 18.1 Å². The van der Waals surface area contributed by atoms with Crippen molar-refractivity contribution < 1.29 is 31.9 Å². The molecular weight excluding hydrogens is 356 g/mol. The van der Waals surface area contributed by atoms with E-state index in [2.05, 4.69) is 5.32 Å². The van der Waals surface area contributed by atoms with Crippen LogP contribution in [0.15, 0.2) is 48.5 Å². The Hall–Kier alpha value is -3.10. The fraction of sp³-hybridized carbons (Fsp3) is 0.176. The Morgan fingerprint density at radius 2 is 1.77 bits per heavy atom. The van der Waals surface area contributed by atoms with Gasteiger partial charge in [0.2, 0.25) is 0 Å². The molecule has 2 aromatic rings. The Kier molecular flexibility index (Phi) is 6.16. The molecule has 0 heterocycles. The zero-order valence-corrected chi connectivity index (χ0v) is 13.3. The molecule has 2 aromatic carbocycles. The minimum Gasteiger partial charge on any atom is -0.484 e. The molecule has 0 fully saturated rings. The molecule has 138 valence electrons. The minimum atomic E-state index is -4.52. The van der Waals surface area contributed by atoms with Gasteiger partial charge in [-0.1, -0.05) is 12.1 Å². The average molecular weight is 370 g/mol. The first-order chi connectivity index (χ1) is 12.2. The third kappa shape index (κ3) is 6.42. The van der Waals surface area contributed by atoms with Gasteiger partial charge in [0, 0.05) is 17.3 Å². The van der Waals surface area contributed by atoms with Gasteiger partial charge in [0.05, 0.1) is 0 Å². The van der Waals surface area contributed by atoms with E-state index in [0.29, 0.717) is 0 Å². The van der Waals surface area contributed by atoms with Gasteiger partial charge in [-0.2, -0.15) is 13.2 Å². The normalized spacial score (nSPS) is 10.9. The molecule has 0 aliphatic heterocycles. The smallest absolute Gasteiger partial charge is 0.405 e. The van der Waals surface area contributed by atoms with Gasteiger partial charge in [0.15, 0.2) is 6.61 Å². The van der Waals surface area contributed by atoms with Crippen molar-refractivity contribution in [3.8, 4) is 5.75 Å². The van der Waals surface area contributed by atoms with Crippen LogP contribution in [0.4, 0.5) is 23.2 Å². The summed E-state index contributed by atoms with van der Waals surface area (Å²) < 4.78 is 54.5. The molecular formula is C17H14F4N2O3. The second-order valence-electron chi connectivity index (χ2n) is 5.17. The summed E-state index contributed by atoms with van der Waals surface area (Å²) in [7, 11) is 0. The minimum absolute atomic E-state index is 0.0434. The predicted octanol–water partition coefficient (Wildman–Crippen LogP) is 3.14. The van der Waals surface area contributed by atoms with Crippen LogP contribution in [-0.4, -0.2) is 31.1 Å². The quantitative estimate of drug-likeness (QED) is 0.768. The lowest BCUT2D eigenvalue weighted by Crippen LogP contribution is -2.33. The van der Waals surface area contributed by atoms with Crippen LogP contribution in [0.3, 0.4) is 0 Å². The molecule has 0 saturated heterocycles. The Bertz CT molecular complexity index is 794. The summed E-state index contributed by atoms with van der Waals surface area (Å²) in [6.45, 7) is -1.86. The van der Waals surface area contributed by atoms with Crippen molar-refractivity contribution >= 4 is 17.5 Å². The molecule has 26 heavy (non-hydrogen) atoms. The number of benzene rings is 2. The molecule has 5 nitrogen and oxygen atoms in total. The highest BCUT2D eigenvalue weighted by Gasteiger charge is 2.27. The standard InChI is InChI=1S/C17H14F4N2O3/c18-12-4-2-6-14(8-12)26-9-15(24)23-13-5-1-3-11(7-13)16(25)22-10-17(19,20)21/h1-8H,9-10H2,(H,22,25)(H,23,24). The van der Waals surface area contributed by atoms with Crippen molar-refractivity contribution in [2.75, 3.05) is 18.5 Å². The first-order valence-electron chi connectivity index (χ1n) is 7.36. The fourth-order valence-corrected chi connectivity index (χ4v) is 1.92. The Morgan fingerprint density at radius 1 is 1.04 bits per heavy atom. The van der Waals surface area contributed by atoms with Crippen molar-refractivity contribution in [1.82, 2.24) is 5.32 Å². The number of anilines is 1. The first kappa shape index (κ1) is 19.2. The summed E-state index contributed by atoms with van der Waals surface area (Å²) in [5.74, 6) is -1.85. The number of carbonyl (C=O) groups excluding carboxylic acids is 2. The summed E-state index contributed by atoms with van der Waals surface area (Å²) in [6.07, 6.45) is -4.52. The lowest BCUT2D eigenvalue weighted by molar-refractivity contribution is -0.123. The SMILES string of the molecule is O=C(COc1cccc(F)c1)Nc1cccc(C(=O)NCC(F)(F)F)c1. The van der Waals surface area contributed by atoms with Crippen LogP contribution >= 0.6 is 0 Å². The topological polar surface area (TPSA) is 67.4 Å². The predicted molar refractivity (Wildman–Crippen MR) is 85.4 cm³/mol. The summed E-state index contributed by atoms with van der Waals surface area (Å²) in [5, 5.41) is 4.17. The molecule has 0 radical (unpaired) electrons. The molecule has 0 atom stereocenters. The second kappa shape index (κ2) is 8.32. The zero-order chi connectivity index (χ0) is 19.2. The monoisotopic (exact) mass is 370 g/mol. The van der Waals surface area contributed by atoms with Crippen molar-refractivity contribution in [2.24, 2.45) is 0 Å².